The third-order valence-corrected chi connectivity index (χ3v) is 8.39. The zero-order chi connectivity index (χ0) is 21.8. The molecule has 0 saturated carbocycles. The molecule has 166 valence electrons. The standard InChI is InChI=1S/C21H26BrN5O3S/c22-18-2-4-19(5-3-18)31(29,30)27-11-1-10-26(14-15-27)21(28)17-7-12-25(13-8-17)20-6-9-23-16-24-20/h2-6,9,16-17H,1,7-8,10-15H2. The first kappa shape index (κ1) is 22.2. The topological polar surface area (TPSA) is 86.7 Å². The minimum absolute atomic E-state index is 0.0206. The average molecular weight is 508 g/mol. The summed E-state index contributed by atoms with van der Waals surface area (Å²) in [6.45, 7) is 3.34. The highest BCUT2D eigenvalue weighted by Crippen LogP contribution is 2.25. The Kier molecular flexibility index (Phi) is 6.88. The van der Waals surface area contributed by atoms with Crippen LogP contribution in [0.25, 0.3) is 0 Å². The fourth-order valence-electron chi connectivity index (χ4n) is 4.19. The van der Waals surface area contributed by atoms with Crippen LogP contribution in [0.3, 0.4) is 0 Å². The molecule has 2 aliphatic rings. The van der Waals surface area contributed by atoms with Crippen LogP contribution in [-0.2, 0) is 14.8 Å². The van der Waals surface area contributed by atoms with Gasteiger partial charge in [-0.3, -0.25) is 4.79 Å². The molecule has 8 nitrogen and oxygen atoms in total. The van der Waals surface area contributed by atoms with Gasteiger partial charge in [-0.2, -0.15) is 4.31 Å². The number of halogens is 1. The fourth-order valence-corrected chi connectivity index (χ4v) is 5.93. The summed E-state index contributed by atoms with van der Waals surface area (Å²) in [6.07, 6.45) is 5.46. The second-order valence-corrected chi connectivity index (χ2v) is 10.7. The molecule has 2 fully saturated rings. The maximum atomic E-state index is 13.1. The Bertz CT molecular complexity index is 995. The lowest BCUT2D eigenvalue weighted by Gasteiger charge is -2.34. The number of amides is 1. The van der Waals surface area contributed by atoms with Crippen LogP contribution in [0.4, 0.5) is 5.82 Å². The number of hydrogen-bond donors (Lipinski definition) is 0. The Morgan fingerprint density at radius 1 is 0.968 bits per heavy atom. The largest absolute Gasteiger partial charge is 0.356 e. The van der Waals surface area contributed by atoms with Crippen LogP contribution in [-0.4, -0.2) is 72.8 Å². The van der Waals surface area contributed by atoms with Crippen LogP contribution >= 0.6 is 15.9 Å². The normalized spacial score (nSPS) is 19.3. The Balaban J connectivity index is 1.34. The number of sulfonamides is 1. The van der Waals surface area contributed by atoms with Crippen LogP contribution in [0.2, 0.25) is 0 Å². The van der Waals surface area contributed by atoms with Crippen molar-refractivity contribution in [1.82, 2.24) is 19.2 Å². The minimum Gasteiger partial charge on any atom is -0.356 e. The molecule has 10 heteroatoms. The van der Waals surface area contributed by atoms with E-state index >= 15 is 0 Å². The van der Waals surface area contributed by atoms with E-state index in [1.54, 1.807) is 30.5 Å². The van der Waals surface area contributed by atoms with E-state index in [0.29, 0.717) is 32.6 Å². The molecule has 31 heavy (non-hydrogen) atoms. The minimum atomic E-state index is -3.56. The van der Waals surface area contributed by atoms with Crippen molar-refractivity contribution in [1.29, 1.82) is 0 Å². The number of piperidine rings is 1. The summed E-state index contributed by atoms with van der Waals surface area (Å²) < 4.78 is 28.3. The second-order valence-electron chi connectivity index (χ2n) is 7.87. The van der Waals surface area contributed by atoms with Crippen LogP contribution in [0.5, 0.6) is 0 Å². The van der Waals surface area contributed by atoms with Gasteiger partial charge in [0.05, 0.1) is 4.90 Å². The first-order chi connectivity index (χ1) is 14.9. The summed E-state index contributed by atoms with van der Waals surface area (Å²) in [7, 11) is -3.56. The lowest BCUT2D eigenvalue weighted by atomic mass is 9.95. The average Bonchev–Trinajstić information content (AvgIpc) is 3.07. The zero-order valence-electron chi connectivity index (χ0n) is 17.2. The Morgan fingerprint density at radius 2 is 1.71 bits per heavy atom. The predicted octanol–water partition coefficient (Wildman–Crippen LogP) is 2.38. The molecule has 0 bridgehead atoms. The fraction of sp³-hybridized carbons (Fsp3) is 0.476. The van der Waals surface area contributed by atoms with Crippen molar-refractivity contribution in [3.05, 3.63) is 47.3 Å². The highest BCUT2D eigenvalue weighted by molar-refractivity contribution is 9.10. The van der Waals surface area contributed by atoms with Gasteiger partial charge in [-0.15, -0.1) is 0 Å². The first-order valence-corrected chi connectivity index (χ1v) is 12.7. The highest BCUT2D eigenvalue weighted by Gasteiger charge is 2.32. The molecule has 0 radical (unpaired) electrons. The Labute approximate surface area is 191 Å². The van der Waals surface area contributed by atoms with E-state index in [1.807, 2.05) is 11.0 Å². The van der Waals surface area contributed by atoms with Crippen molar-refractivity contribution in [3.63, 3.8) is 0 Å². The second kappa shape index (κ2) is 9.62. The zero-order valence-corrected chi connectivity index (χ0v) is 19.6. The monoisotopic (exact) mass is 507 g/mol. The first-order valence-electron chi connectivity index (χ1n) is 10.5. The number of benzene rings is 1. The van der Waals surface area contributed by atoms with Gasteiger partial charge in [0.2, 0.25) is 15.9 Å². The SMILES string of the molecule is O=C(C1CCN(c2ccncn2)CC1)N1CCCN(S(=O)(=O)c2ccc(Br)cc2)CC1. The van der Waals surface area contributed by atoms with Crippen LogP contribution in [0.15, 0.2) is 52.2 Å². The molecular weight excluding hydrogens is 482 g/mol. The number of carbonyl (C=O) groups is 1. The van der Waals surface area contributed by atoms with E-state index in [9.17, 15) is 13.2 Å². The lowest BCUT2D eigenvalue weighted by Crippen LogP contribution is -2.44. The summed E-state index contributed by atoms with van der Waals surface area (Å²) in [4.78, 5) is 25.7. The quantitative estimate of drug-likeness (QED) is 0.631. The van der Waals surface area contributed by atoms with Crippen LogP contribution in [0.1, 0.15) is 19.3 Å². The molecule has 1 aromatic heterocycles. The van der Waals surface area contributed by atoms with Crippen LogP contribution in [0, 0.1) is 5.92 Å². The molecule has 0 N–H and O–H groups in total. The van der Waals surface area contributed by atoms with E-state index in [4.69, 9.17) is 0 Å². The third kappa shape index (κ3) is 5.07. The van der Waals surface area contributed by atoms with Crippen molar-refractivity contribution in [2.45, 2.75) is 24.2 Å². The predicted molar refractivity (Wildman–Crippen MR) is 121 cm³/mol. The maximum absolute atomic E-state index is 13.1. The molecule has 2 saturated heterocycles. The summed E-state index contributed by atoms with van der Waals surface area (Å²) in [6, 6.07) is 8.57. The number of nitrogens with zero attached hydrogens (tertiary/aromatic N) is 5. The van der Waals surface area contributed by atoms with Crippen molar-refractivity contribution in [3.8, 4) is 0 Å². The van der Waals surface area contributed by atoms with Gasteiger partial charge in [-0.05, 0) is 49.6 Å². The van der Waals surface area contributed by atoms with Gasteiger partial charge in [-0.25, -0.2) is 18.4 Å². The lowest BCUT2D eigenvalue weighted by molar-refractivity contribution is -0.136. The van der Waals surface area contributed by atoms with Gasteiger partial charge in [0.15, 0.2) is 0 Å². The number of carbonyl (C=O) groups excluding carboxylic acids is 1. The van der Waals surface area contributed by atoms with E-state index in [1.165, 1.54) is 10.6 Å². The van der Waals surface area contributed by atoms with Crippen molar-refractivity contribution in [2.24, 2.45) is 5.92 Å². The summed E-state index contributed by atoms with van der Waals surface area (Å²) in [5.74, 6) is 1.02. The number of hydrogen-bond acceptors (Lipinski definition) is 6. The summed E-state index contributed by atoms with van der Waals surface area (Å²) in [5, 5.41) is 0. The van der Waals surface area contributed by atoms with E-state index in [2.05, 4.69) is 30.8 Å². The van der Waals surface area contributed by atoms with E-state index in [0.717, 1.165) is 36.2 Å². The number of anilines is 1. The van der Waals surface area contributed by atoms with Crippen molar-refractivity contribution < 1.29 is 13.2 Å². The Morgan fingerprint density at radius 3 is 2.39 bits per heavy atom. The molecule has 2 aromatic rings. The molecule has 0 spiro atoms. The molecule has 2 aliphatic heterocycles. The molecule has 1 aromatic carbocycles. The van der Waals surface area contributed by atoms with Crippen molar-refractivity contribution in [2.75, 3.05) is 44.2 Å². The van der Waals surface area contributed by atoms with Gasteiger partial charge >= 0.3 is 0 Å². The van der Waals surface area contributed by atoms with Crippen molar-refractivity contribution >= 4 is 37.7 Å². The van der Waals surface area contributed by atoms with Gasteiger partial charge < -0.3 is 9.80 Å². The van der Waals surface area contributed by atoms with Gasteiger partial charge in [-0.1, -0.05) is 15.9 Å². The number of rotatable bonds is 4. The van der Waals surface area contributed by atoms with E-state index < -0.39 is 10.0 Å². The Hall–Kier alpha value is -2.04. The van der Waals surface area contributed by atoms with Gasteiger partial charge in [0.25, 0.3) is 0 Å². The summed E-state index contributed by atoms with van der Waals surface area (Å²) in [5.41, 5.74) is 0. The molecule has 0 unspecified atom stereocenters. The molecule has 4 rings (SSSR count). The third-order valence-electron chi connectivity index (χ3n) is 5.95. The maximum Gasteiger partial charge on any atom is 0.243 e. The number of aromatic nitrogens is 2. The van der Waals surface area contributed by atoms with Crippen LogP contribution < -0.4 is 4.90 Å². The smallest absolute Gasteiger partial charge is 0.243 e. The molecular formula is C21H26BrN5O3S. The molecule has 1 amide bonds. The summed E-state index contributed by atoms with van der Waals surface area (Å²) >= 11 is 3.34. The molecule has 3 heterocycles. The molecule has 0 aliphatic carbocycles. The molecule has 0 atom stereocenters. The highest BCUT2D eigenvalue weighted by atomic mass is 79.9. The van der Waals surface area contributed by atoms with E-state index in [-0.39, 0.29) is 16.7 Å². The van der Waals surface area contributed by atoms with Gasteiger partial charge in [0, 0.05) is 55.9 Å². The van der Waals surface area contributed by atoms with Gasteiger partial charge in [0.1, 0.15) is 12.1 Å².